The average Bonchev–Trinajstić information content (AvgIpc) is 3.33. The lowest BCUT2D eigenvalue weighted by molar-refractivity contribution is -0.140. The van der Waals surface area contributed by atoms with Gasteiger partial charge in [-0.15, -0.1) is 11.3 Å². The van der Waals surface area contributed by atoms with Crippen molar-refractivity contribution in [3.8, 4) is 0 Å². The van der Waals surface area contributed by atoms with Crippen LogP contribution in [-0.4, -0.2) is 21.7 Å². The van der Waals surface area contributed by atoms with Crippen LogP contribution in [0.2, 0.25) is 0 Å². The molecular weight excluding hydrogens is 469 g/mol. The monoisotopic (exact) mass is 485 g/mol. The van der Waals surface area contributed by atoms with Crippen LogP contribution < -0.4 is 0 Å². The number of Topliss-reactive ketones (excluding diaryl/α,β-unsaturated/α-hetero) is 1. The number of hydrogen-bond acceptors (Lipinski definition) is 4. The predicted octanol–water partition coefficient (Wildman–Crippen LogP) is 5.58. The third kappa shape index (κ3) is 3.70. The minimum absolute atomic E-state index is 0.00452. The maximum atomic E-state index is 13.5. The first-order valence-corrected chi connectivity index (χ1v) is 10.9. The van der Waals surface area contributed by atoms with Gasteiger partial charge in [-0.2, -0.15) is 0 Å². The Morgan fingerprint density at radius 3 is 2.53 bits per heavy atom. The van der Waals surface area contributed by atoms with Crippen molar-refractivity contribution >= 4 is 44.7 Å². The lowest BCUT2D eigenvalue weighted by Crippen LogP contribution is -2.28. The van der Waals surface area contributed by atoms with Gasteiger partial charge in [0.25, 0.3) is 11.7 Å². The molecule has 1 fully saturated rings. The van der Waals surface area contributed by atoms with Crippen molar-refractivity contribution in [1.29, 1.82) is 0 Å². The normalized spacial score (nSPS) is 18.2. The number of hydrogen-bond donors (Lipinski definition) is 1. The van der Waals surface area contributed by atoms with Gasteiger partial charge in [0.15, 0.2) is 0 Å². The quantitative estimate of drug-likeness (QED) is 0.298. The number of aryl methyl sites for hydroxylation is 1. The number of rotatable bonds is 4. The van der Waals surface area contributed by atoms with Crippen LogP contribution in [0.3, 0.4) is 0 Å². The number of nitrogens with zero attached hydrogens (tertiary/aromatic N) is 1. The first-order valence-electron chi connectivity index (χ1n) is 9.19. The summed E-state index contributed by atoms with van der Waals surface area (Å²) < 4.78 is 14.4. The summed E-state index contributed by atoms with van der Waals surface area (Å²) in [6.07, 6.45) is 0. The summed E-state index contributed by atoms with van der Waals surface area (Å²) in [7, 11) is 0. The van der Waals surface area contributed by atoms with Crippen LogP contribution in [0.5, 0.6) is 0 Å². The Hall–Kier alpha value is -2.77. The van der Waals surface area contributed by atoms with Gasteiger partial charge in [-0.3, -0.25) is 9.59 Å². The highest BCUT2D eigenvalue weighted by atomic mass is 79.9. The number of aliphatic hydroxyl groups is 1. The van der Waals surface area contributed by atoms with E-state index in [2.05, 4.69) is 15.9 Å². The second-order valence-electron chi connectivity index (χ2n) is 7.02. The van der Waals surface area contributed by atoms with Crippen molar-refractivity contribution in [1.82, 2.24) is 4.90 Å². The van der Waals surface area contributed by atoms with E-state index in [4.69, 9.17) is 0 Å². The topological polar surface area (TPSA) is 57.6 Å². The van der Waals surface area contributed by atoms with Gasteiger partial charge in [0.2, 0.25) is 0 Å². The number of ketones is 1. The van der Waals surface area contributed by atoms with Gasteiger partial charge >= 0.3 is 0 Å². The zero-order chi connectivity index (χ0) is 21.4. The zero-order valence-electron chi connectivity index (χ0n) is 15.9. The Morgan fingerprint density at radius 1 is 1.17 bits per heavy atom. The van der Waals surface area contributed by atoms with Crippen LogP contribution in [0.4, 0.5) is 4.39 Å². The molecule has 0 bridgehead atoms. The highest BCUT2D eigenvalue weighted by Crippen LogP contribution is 2.40. The number of thiophene rings is 1. The van der Waals surface area contributed by atoms with E-state index in [0.717, 1.165) is 14.9 Å². The standard InChI is InChI=1S/C23H17BrFNO3S/c1-13-11-15(6-9-18(13)24)21(27)19-20(14-4-7-16(25)8-5-14)26(23(29)22(19)28)12-17-3-2-10-30-17/h2-11,20,27H,12H2,1H3/b21-19-. The minimum atomic E-state index is -0.809. The molecule has 7 heteroatoms. The predicted molar refractivity (Wildman–Crippen MR) is 117 cm³/mol. The molecule has 30 heavy (non-hydrogen) atoms. The summed E-state index contributed by atoms with van der Waals surface area (Å²) in [5, 5.41) is 12.9. The summed E-state index contributed by atoms with van der Waals surface area (Å²) in [5.41, 5.74) is 1.88. The molecule has 0 saturated carbocycles. The van der Waals surface area contributed by atoms with E-state index in [9.17, 15) is 19.1 Å². The Balaban J connectivity index is 1.87. The van der Waals surface area contributed by atoms with Crippen molar-refractivity contribution in [2.24, 2.45) is 0 Å². The molecule has 3 aromatic rings. The molecule has 4 rings (SSSR count). The van der Waals surface area contributed by atoms with E-state index in [-0.39, 0.29) is 17.9 Å². The number of aliphatic hydroxyl groups excluding tert-OH is 1. The number of carbonyl (C=O) groups excluding carboxylic acids is 2. The van der Waals surface area contributed by atoms with Gasteiger partial charge in [0.05, 0.1) is 18.2 Å². The summed E-state index contributed by atoms with van der Waals surface area (Å²) in [5.74, 6) is -2.10. The zero-order valence-corrected chi connectivity index (χ0v) is 18.3. The Morgan fingerprint density at radius 2 is 1.90 bits per heavy atom. The fourth-order valence-corrected chi connectivity index (χ4v) is 4.50. The van der Waals surface area contributed by atoms with Crippen LogP contribution in [0.15, 0.2) is 70.0 Å². The minimum Gasteiger partial charge on any atom is -0.507 e. The molecule has 1 saturated heterocycles. The van der Waals surface area contributed by atoms with Crippen molar-refractivity contribution in [3.63, 3.8) is 0 Å². The highest BCUT2D eigenvalue weighted by Gasteiger charge is 2.46. The summed E-state index contributed by atoms with van der Waals surface area (Å²) >= 11 is 4.89. The second-order valence-corrected chi connectivity index (χ2v) is 8.91. The Labute approximate surface area is 185 Å². The SMILES string of the molecule is Cc1cc(/C(O)=C2/C(=O)C(=O)N(Cc3cccs3)C2c2ccc(F)cc2)ccc1Br. The smallest absolute Gasteiger partial charge is 0.295 e. The average molecular weight is 486 g/mol. The summed E-state index contributed by atoms with van der Waals surface area (Å²) in [6.45, 7) is 2.09. The lowest BCUT2D eigenvalue weighted by Gasteiger charge is -2.25. The van der Waals surface area contributed by atoms with E-state index in [1.807, 2.05) is 24.4 Å². The molecule has 1 amide bonds. The maximum absolute atomic E-state index is 13.5. The molecule has 1 atom stereocenters. The van der Waals surface area contributed by atoms with Gasteiger partial charge in [0, 0.05) is 14.9 Å². The molecule has 1 aliphatic rings. The molecule has 1 N–H and O–H groups in total. The first kappa shape index (κ1) is 20.5. The Bertz CT molecular complexity index is 1160. The molecule has 1 unspecified atom stereocenters. The van der Waals surface area contributed by atoms with E-state index in [1.54, 1.807) is 18.2 Å². The van der Waals surface area contributed by atoms with Crippen LogP contribution in [-0.2, 0) is 16.1 Å². The molecular formula is C23H17BrFNO3S. The number of likely N-dealkylation sites (tertiary alicyclic amines) is 1. The van der Waals surface area contributed by atoms with E-state index >= 15 is 0 Å². The van der Waals surface area contributed by atoms with Crippen LogP contribution in [0, 0.1) is 12.7 Å². The lowest BCUT2D eigenvalue weighted by atomic mass is 9.95. The molecule has 1 aliphatic heterocycles. The number of halogens is 2. The molecule has 4 nitrogen and oxygen atoms in total. The van der Waals surface area contributed by atoms with E-state index in [0.29, 0.717) is 11.1 Å². The summed E-state index contributed by atoms with van der Waals surface area (Å²) in [6, 6.07) is 13.8. The van der Waals surface area contributed by atoms with Crippen molar-refractivity contribution < 1.29 is 19.1 Å². The fraction of sp³-hybridized carbons (Fsp3) is 0.130. The molecule has 0 aliphatic carbocycles. The van der Waals surface area contributed by atoms with Crippen molar-refractivity contribution in [2.45, 2.75) is 19.5 Å². The second kappa shape index (κ2) is 8.16. The number of amides is 1. The van der Waals surface area contributed by atoms with Crippen LogP contribution in [0.1, 0.15) is 27.6 Å². The van der Waals surface area contributed by atoms with Crippen molar-refractivity contribution in [2.75, 3.05) is 0 Å². The third-order valence-corrected chi connectivity index (χ3v) is 6.81. The van der Waals surface area contributed by atoms with Gasteiger partial charge < -0.3 is 10.0 Å². The van der Waals surface area contributed by atoms with Crippen LogP contribution >= 0.6 is 27.3 Å². The first-order chi connectivity index (χ1) is 14.4. The van der Waals surface area contributed by atoms with Crippen molar-refractivity contribution in [3.05, 3.63) is 97.4 Å². The summed E-state index contributed by atoms with van der Waals surface area (Å²) in [4.78, 5) is 28.2. The van der Waals surface area contributed by atoms with Gasteiger partial charge in [0.1, 0.15) is 11.6 Å². The molecule has 2 aromatic carbocycles. The number of carbonyl (C=O) groups is 2. The highest BCUT2D eigenvalue weighted by molar-refractivity contribution is 9.10. The molecule has 152 valence electrons. The van der Waals surface area contributed by atoms with Gasteiger partial charge in [-0.25, -0.2) is 4.39 Å². The third-order valence-electron chi connectivity index (χ3n) is 5.06. The van der Waals surface area contributed by atoms with E-state index < -0.39 is 23.5 Å². The Kier molecular flexibility index (Phi) is 5.58. The largest absolute Gasteiger partial charge is 0.507 e. The number of benzene rings is 2. The molecule has 0 radical (unpaired) electrons. The van der Waals surface area contributed by atoms with E-state index in [1.165, 1.54) is 40.5 Å². The van der Waals surface area contributed by atoms with Crippen LogP contribution in [0.25, 0.3) is 5.76 Å². The molecule has 2 heterocycles. The van der Waals surface area contributed by atoms with Gasteiger partial charge in [-0.05, 0) is 53.8 Å². The molecule has 1 aromatic heterocycles. The maximum Gasteiger partial charge on any atom is 0.295 e. The fourth-order valence-electron chi connectivity index (χ4n) is 3.55. The van der Waals surface area contributed by atoms with Gasteiger partial charge in [-0.1, -0.05) is 40.2 Å². The molecule has 0 spiro atoms.